The second-order valence-electron chi connectivity index (χ2n) is 6.15. The van der Waals surface area contributed by atoms with Gasteiger partial charge >= 0.3 is 0 Å². The number of rotatable bonds is 4. The molecule has 0 amide bonds. The number of nitrogens with zero attached hydrogens (tertiary/aromatic N) is 3. The Balaban J connectivity index is 0.00000264. The van der Waals surface area contributed by atoms with E-state index in [-0.39, 0.29) is 24.0 Å². The van der Waals surface area contributed by atoms with Gasteiger partial charge < -0.3 is 15.1 Å². The van der Waals surface area contributed by atoms with Gasteiger partial charge in [-0.3, -0.25) is 4.99 Å². The van der Waals surface area contributed by atoms with Crippen LogP contribution in [0.1, 0.15) is 18.4 Å². The number of likely N-dealkylation sites (tertiary alicyclic amines) is 1. The number of nitrogens with one attached hydrogen (secondary N) is 1. The zero-order valence-electron chi connectivity index (χ0n) is 14.3. The molecule has 1 heterocycles. The second-order valence-corrected chi connectivity index (χ2v) is 7.00. The van der Waals surface area contributed by atoms with Crippen LogP contribution in [0.5, 0.6) is 0 Å². The quantitative estimate of drug-likeness (QED) is 0.395. The summed E-state index contributed by atoms with van der Waals surface area (Å²) in [6, 6.07) is 8.34. The van der Waals surface area contributed by atoms with E-state index in [0.29, 0.717) is 5.92 Å². The highest BCUT2D eigenvalue weighted by molar-refractivity contribution is 14.0. The van der Waals surface area contributed by atoms with Crippen LogP contribution < -0.4 is 5.32 Å². The minimum absolute atomic E-state index is 0. The van der Waals surface area contributed by atoms with Gasteiger partial charge in [-0.15, -0.1) is 24.0 Å². The van der Waals surface area contributed by atoms with Gasteiger partial charge in [-0.05, 0) is 44.0 Å². The van der Waals surface area contributed by atoms with E-state index >= 15 is 0 Å². The van der Waals surface area contributed by atoms with E-state index in [1.54, 1.807) is 0 Å². The third-order valence-electron chi connectivity index (χ3n) is 4.21. The summed E-state index contributed by atoms with van der Waals surface area (Å²) in [6.45, 7) is 4.24. The van der Waals surface area contributed by atoms with Crippen LogP contribution >= 0.6 is 39.9 Å². The van der Waals surface area contributed by atoms with Crippen LogP contribution in [-0.4, -0.2) is 56.5 Å². The van der Waals surface area contributed by atoms with Crippen molar-refractivity contribution in [3.63, 3.8) is 0 Å². The number of aliphatic imine (C=N–C) groups is 1. The number of hydrogen-bond donors (Lipinski definition) is 1. The first-order valence-corrected chi connectivity index (χ1v) is 8.73. The fourth-order valence-corrected chi connectivity index (χ4v) is 3.43. The molecule has 0 aliphatic carbocycles. The molecule has 4 nitrogen and oxygen atoms in total. The minimum atomic E-state index is 0. The van der Waals surface area contributed by atoms with Crippen LogP contribution in [0.25, 0.3) is 0 Å². The van der Waals surface area contributed by atoms with Crippen molar-refractivity contribution in [3.8, 4) is 0 Å². The summed E-state index contributed by atoms with van der Waals surface area (Å²) in [5.74, 6) is 1.68. The van der Waals surface area contributed by atoms with Gasteiger partial charge in [0, 0.05) is 38.2 Å². The molecule has 2 rings (SSSR count). The Hall–Kier alpha value is -0.340. The summed E-state index contributed by atoms with van der Waals surface area (Å²) in [5.41, 5.74) is 1.27. The van der Waals surface area contributed by atoms with Gasteiger partial charge in [0.2, 0.25) is 0 Å². The van der Waals surface area contributed by atoms with E-state index < -0.39 is 0 Å². The Morgan fingerprint density at radius 1 is 1.43 bits per heavy atom. The molecule has 0 aromatic heterocycles. The number of benzene rings is 1. The molecular formula is C17H28BrIN4. The van der Waals surface area contributed by atoms with Crippen molar-refractivity contribution in [1.29, 1.82) is 0 Å². The van der Waals surface area contributed by atoms with Gasteiger partial charge in [-0.1, -0.05) is 34.1 Å². The Morgan fingerprint density at radius 2 is 2.17 bits per heavy atom. The van der Waals surface area contributed by atoms with Crippen LogP contribution in [0.3, 0.4) is 0 Å². The van der Waals surface area contributed by atoms with Crippen LogP contribution in [-0.2, 0) is 6.54 Å². The second kappa shape index (κ2) is 10.5. The van der Waals surface area contributed by atoms with Gasteiger partial charge in [0.25, 0.3) is 0 Å². The van der Waals surface area contributed by atoms with Crippen molar-refractivity contribution >= 4 is 45.9 Å². The molecule has 1 atom stereocenters. The lowest BCUT2D eigenvalue weighted by molar-refractivity contribution is 0.209. The topological polar surface area (TPSA) is 30.9 Å². The number of guanidine groups is 1. The first-order valence-electron chi connectivity index (χ1n) is 7.94. The Morgan fingerprint density at radius 3 is 2.83 bits per heavy atom. The van der Waals surface area contributed by atoms with Crippen LogP contribution in [0.4, 0.5) is 0 Å². The lowest BCUT2D eigenvalue weighted by atomic mass is 9.98. The van der Waals surface area contributed by atoms with Gasteiger partial charge in [0.05, 0.1) is 0 Å². The van der Waals surface area contributed by atoms with Crippen molar-refractivity contribution in [1.82, 2.24) is 15.1 Å². The minimum Gasteiger partial charge on any atom is -0.356 e. The molecule has 130 valence electrons. The molecule has 1 N–H and O–H groups in total. The summed E-state index contributed by atoms with van der Waals surface area (Å²) >= 11 is 3.61. The average Bonchev–Trinajstić information content (AvgIpc) is 2.50. The van der Waals surface area contributed by atoms with Gasteiger partial charge in [0.1, 0.15) is 0 Å². The lowest BCUT2D eigenvalue weighted by Gasteiger charge is -2.31. The Labute approximate surface area is 165 Å². The molecule has 1 unspecified atom stereocenters. The molecule has 0 saturated carbocycles. The SMILES string of the molecule is CN=C(NCC1CCCN(C)C1)N(C)Cc1ccccc1Br.I. The molecule has 0 spiro atoms. The smallest absolute Gasteiger partial charge is 0.193 e. The first-order chi connectivity index (χ1) is 10.6. The molecule has 1 fully saturated rings. The van der Waals surface area contributed by atoms with Crippen molar-refractivity contribution in [2.24, 2.45) is 10.9 Å². The average molecular weight is 495 g/mol. The highest BCUT2D eigenvalue weighted by Gasteiger charge is 2.18. The largest absolute Gasteiger partial charge is 0.356 e. The molecule has 23 heavy (non-hydrogen) atoms. The van der Waals surface area contributed by atoms with Crippen LogP contribution in [0.15, 0.2) is 33.7 Å². The Bertz CT molecular complexity index is 509. The summed E-state index contributed by atoms with van der Waals surface area (Å²) in [4.78, 5) is 9.01. The van der Waals surface area contributed by atoms with E-state index in [9.17, 15) is 0 Å². The monoisotopic (exact) mass is 494 g/mol. The highest BCUT2D eigenvalue weighted by Crippen LogP contribution is 2.17. The van der Waals surface area contributed by atoms with E-state index in [2.05, 4.69) is 68.3 Å². The molecule has 1 aromatic carbocycles. The third kappa shape index (κ3) is 6.58. The predicted octanol–water partition coefficient (Wildman–Crippen LogP) is 3.42. The van der Waals surface area contributed by atoms with Crippen LogP contribution in [0, 0.1) is 5.92 Å². The molecule has 1 aliphatic rings. The standard InChI is InChI=1S/C17H27BrN4.HI/c1-19-17(20-11-14-7-6-10-21(2)12-14)22(3)13-15-8-4-5-9-16(15)18;/h4-5,8-9,14H,6-7,10-13H2,1-3H3,(H,19,20);1H. The fraction of sp³-hybridized carbons (Fsp3) is 0.588. The summed E-state index contributed by atoms with van der Waals surface area (Å²) in [5, 5.41) is 3.53. The van der Waals surface area contributed by atoms with Gasteiger partial charge in [-0.2, -0.15) is 0 Å². The van der Waals surface area contributed by atoms with E-state index in [1.165, 1.54) is 31.5 Å². The molecule has 1 aromatic rings. The first kappa shape index (κ1) is 20.7. The van der Waals surface area contributed by atoms with Crippen molar-refractivity contribution in [3.05, 3.63) is 34.3 Å². The fourth-order valence-electron chi connectivity index (χ4n) is 3.02. The van der Waals surface area contributed by atoms with E-state index in [1.807, 2.05) is 13.1 Å². The maximum atomic E-state index is 4.42. The lowest BCUT2D eigenvalue weighted by Crippen LogP contribution is -2.44. The van der Waals surface area contributed by atoms with Crippen molar-refractivity contribution in [2.45, 2.75) is 19.4 Å². The van der Waals surface area contributed by atoms with E-state index in [4.69, 9.17) is 0 Å². The molecule has 0 bridgehead atoms. The van der Waals surface area contributed by atoms with Gasteiger partial charge in [-0.25, -0.2) is 0 Å². The highest BCUT2D eigenvalue weighted by atomic mass is 127. The maximum absolute atomic E-state index is 4.42. The molecule has 1 aliphatic heterocycles. The predicted molar refractivity (Wildman–Crippen MR) is 113 cm³/mol. The van der Waals surface area contributed by atoms with Crippen LogP contribution in [0.2, 0.25) is 0 Å². The molecule has 0 radical (unpaired) electrons. The van der Waals surface area contributed by atoms with E-state index in [0.717, 1.165) is 23.5 Å². The zero-order chi connectivity index (χ0) is 15.9. The number of piperidine rings is 1. The van der Waals surface area contributed by atoms with Crippen molar-refractivity contribution < 1.29 is 0 Å². The number of hydrogen-bond acceptors (Lipinski definition) is 2. The molecule has 6 heteroatoms. The normalized spacial score (nSPS) is 19.1. The molecule has 1 saturated heterocycles. The van der Waals surface area contributed by atoms with Gasteiger partial charge in [0.15, 0.2) is 5.96 Å². The third-order valence-corrected chi connectivity index (χ3v) is 4.98. The summed E-state index contributed by atoms with van der Waals surface area (Å²) in [6.07, 6.45) is 2.61. The zero-order valence-corrected chi connectivity index (χ0v) is 18.2. The number of halogens is 2. The summed E-state index contributed by atoms with van der Waals surface area (Å²) in [7, 11) is 6.15. The molecular weight excluding hydrogens is 467 g/mol. The summed E-state index contributed by atoms with van der Waals surface area (Å²) < 4.78 is 1.14. The maximum Gasteiger partial charge on any atom is 0.193 e. The Kier molecular flexibility index (Phi) is 9.46. The van der Waals surface area contributed by atoms with Crippen molar-refractivity contribution in [2.75, 3.05) is 40.8 Å².